The molecule has 9 heteroatoms. The van der Waals surface area contributed by atoms with Crippen LogP contribution in [0.2, 0.25) is 0 Å². The molecule has 0 aliphatic rings. The van der Waals surface area contributed by atoms with Crippen LogP contribution < -0.4 is 4.31 Å². The van der Waals surface area contributed by atoms with Gasteiger partial charge in [0.1, 0.15) is 6.54 Å². The quantitative estimate of drug-likeness (QED) is 0.407. The third-order valence-corrected chi connectivity index (χ3v) is 5.62. The Hall–Kier alpha value is -2.94. The molecular formula is C18H20N2O6S. The summed E-state index contributed by atoms with van der Waals surface area (Å²) >= 11 is 0. The van der Waals surface area contributed by atoms with Gasteiger partial charge in [-0.25, -0.2) is 8.42 Å². The van der Waals surface area contributed by atoms with Crippen LogP contribution in [0.25, 0.3) is 0 Å². The molecule has 0 N–H and O–H groups in total. The van der Waals surface area contributed by atoms with Gasteiger partial charge in [-0.05, 0) is 38.0 Å². The molecule has 27 heavy (non-hydrogen) atoms. The average molecular weight is 392 g/mol. The Balaban J connectivity index is 2.63. The van der Waals surface area contributed by atoms with E-state index in [-0.39, 0.29) is 17.2 Å². The van der Waals surface area contributed by atoms with Crippen LogP contribution in [0.5, 0.6) is 0 Å². The van der Waals surface area contributed by atoms with E-state index >= 15 is 0 Å². The van der Waals surface area contributed by atoms with Gasteiger partial charge in [-0.3, -0.25) is 19.2 Å². The summed E-state index contributed by atoms with van der Waals surface area (Å²) in [7, 11) is -4.24. The number of nitro groups is 1. The van der Waals surface area contributed by atoms with E-state index in [0.717, 1.165) is 10.4 Å². The SMILES string of the molecule is CCOC(=O)CN(c1c(C)cccc1C)S(=O)(=O)c1cccc([N+](=O)[O-])c1. The van der Waals surface area contributed by atoms with Crippen molar-refractivity contribution >= 4 is 27.4 Å². The smallest absolute Gasteiger partial charge is 0.326 e. The zero-order chi connectivity index (χ0) is 20.2. The number of ether oxygens (including phenoxy) is 1. The third kappa shape index (κ3) is 4.43. The number of aryl methyl sites for hydroxylation is 2. The second-order valence-corrected chi connectivity index (χ2v) is 7.67. The lowest BCUT2D eigenvalue weighted by molar-refractivity contribution is -0.385. The highest BCUT2D eigenvalue weighted by Crippen LogP contribution is 2.31. The Labute approximate surface area is 157 Å². The number of nitro benzene ring substituents is 1. The van der Waals surface area contributed by atoms with Crippen molar-refractivity contribution in [2.45, 2.75) is 25.7 Å². The monoisotopic (exact) mass is 392 g/mol. The fourth-order valence-electron chi connectivity index (χ4n) is 2.69. The van der Waals surface area contributed by atoms with Crippen LogP contribution in [0.1, 0.15) is 18.1 Å². The number of sulfonamides is 1. The van der Waals surface area contributed by atoms with Gasteiger partial charge in [0.2, 0.25) is 0 Å². The summed E-state index contributed by atoms with van der Waals surface area (Å²) in [6.07, 6.45) is 0. The van der Waals surface area contributed by atoms with E-state index in [1.165, 1.54) is 18.2 Å². The van der Waals surface area contributed by atoms with Crippen molar-refractivity contribution in [3.63, 3.8) is 0 Å². The lowest BCUT2D eigenvalue weighted by atomic mass is 10.1. The van der Waals surface area contributed by atoms with Crippen LogP contribution in [-0.2, 0) is 19.6 Å². The molecule has 0 radical (unpaired) electrons. The standard InChI is InChI=1S/C18H20N2O6S/c1-4-26-17(21)12-19(18-13(2)7-5-8-14(18)3)27(24,25)16-10-6-9-15(11-16)20(22)23/h5-11H,4,12H2,1-3H3. The molecule has 0 saturated heterocycles. The van der Waals surface area contributed by atoms with Gasteiger partial charge in [0.25, 0.3) is 15.7 Å². The van der Waals surface area contributed by atoms with Crippen molar-refractivity contribution < 1.29 is 22.9 Å². The average Bonchev–Trinajstić information content (AvgIpc) is 2.61. The van der Waals surface area contributed by atoms with Crippen LogP contribution >= 0.6 is 0 Å². The zero-order valence-electron chi connectivity index (χ0n) is 15.2. The van der Waals surface area contributed by atoms with Crippen molar-refractivity contribution in [2.75, 3.05) is 17.5 Å². The topological polar surface area (TPSA) is 107 Å². The highest BCUT2D eigenvalue weighted by Gasteiger charge is 2.30. The first-order chi connectivity index (χ1) is 12.7. The molecule has 0 aliphatic carbocycles. The van der Waals surface area contributed by atoms with E-state index in [2.05, 4.69) is 0 Å². The maximum atomic E-state index is 13.2. The minimum atomic E-state index is -4.24. The lowest BCUT2D eigenvalue weighted by Crippen LogP contribution is -2.37. The second-order valence-electron chi connectivity index (χ2n) is 5.81. The van der Waals surface area contributed by atoms with Gasteiger partial charge in [0.15, 0.2) is 0 Å². The number of nitrogens with zero attached hydrogens (tertiary/aromatic N) is 2. The predicted octanol–water partition coefficient (Wildman–Crippen LogP) is 2.97. The molecule has 2 aromatic carbocycles. The van der Waals surface area contributed by atoms with Gasteiger partial charge < -0.3 is 4.74 Å². The third-order valence-electron chi connectivity index (χ3n) is 3.88. The van der Waals surface area contributed by atoms with E-state index in [9.17, 15) is 23.3 Å². The normalized spacial score (nSPS) is 11.1. The summed E-state index contributed by atoms with van der Waals surface area (Å²) in [5.41, 5.74) is 1.28. The molecule has 0 spiro atoms. The number of carbonyl (C=O) groups excluding carboxylic acids is 1. The Morgan fingerprint density at radius 2 is 1.74 bits per heavy atom. The second kappa shape index (κ2) is 8.17. The number of anilines is 1. The molecule has 0 amide bonds. The van der Waals surface area contributed by atoms with E-state index < -0.39 is 27.5 Å². The van der Waals surface area contributed by atoms with E-state index in [4.69, 9.17) is 4.74 Å². The molecule has 8 nitrogen and oxygen atoms in total. The zero-order valence-corrected chi connectivity index (χ0v) is 16.0. The van der Waals surface area contributed by atoms with Gasteiger partial charge in [0, 0.05) is 12.1 Å². The molecule has 0 aliphatic heterocycles. The van der Waals surface area contributed by atoms with Crippen LogP contribution in [0.3, 0.4) is 0 Å². The molecule has 0 unspecified atom stereocenters. The number of non-ortho nitro benzene ring substituents is 1. The number of rotatable bonds is 7. The summed E-state index contributed by atoms with van der Waals surface area (Å²) in [5, 5.41) is 11.0. The van der Waals surface area contributed by atoms with Gasteiger partial charge in [-0.15, -0.1) is 0 Å². The van der Waals surface area contributed by atoms with Crippen molar-refractivity contribution in [1.29, 1.82) is 0 Å². The summed E-state index contributed by atoms with van der Waals surface area (Å²) in [6.45, 7) is 4.64. The molecule has 2 aromatic rings. The molecule has 0 saturated carbocycles. The maximum absolute atomic E-state index is 13.2. The fourth-order valence-corrected chi connectivity index (χ4v) is 4.27. The van der Waals surface area contributed by atoms with Crippen LogP contribution in [0.15, 0.2) is 47.4 Å². The van der Waals surface area contributed by atoms with Crippen LogP contribution in [-0.4, -0.2) is 32.5 Å². The van der Waals surface area contributed by atoms with Crippen LogP contribution in [0, 0.1) is 24.0 Å². The number of para-hydroxylation sites is 1. The summed E-state index contributed by atoms with van der Waals surface area (Å²) in [6, 6.07) is 9.95. The molecule has 0 bridgehead atoms. The highest BCUT2D eigenvalue weighted by molar-refractivity contribution is 7.92. The molecule has 0 heterocycles. The lowest BCUT2D eigenvalue weighted by Gasteiger charge is -2.26. The van der Waals surface area contributed by atoms with Crippen molar-refractivity contribution in [1.82, 2.24) is 0 Å². The predicted molar refractivity (Wildman–Crippen MR) is 100 cm³/mol. The van der Waals surface area contributed by atoms with Crippen molar-refractivity contribution in [2.24, 2.45) is 0 Å². The summed E-state index contributed by atoms with van der Waals surface area (Å²) < 4.78 is 32.3. The number of hydrogen-bond acceptors (Lipinski definition) is 6. The first kappa shape index (κ1) is 20.4. The fraction of sp³-hybridized carbons (Fsp3) is 0.278. The molecule has 0 fully saturated rings. The molecule has 144 valence electrons. The van der Waals surface area contributed by atoms with Crippen molar-refractivity contribution in [3.8, 4) is 0 Å². The Morgan fingerprint density at radius 3 is 2.30 bits per heavy atom. The van der Waals surface area contributed by atoms with Crippen molar-refractivity contribution in [3.05, 3.63) is 63.7 Å². The van der Waals surface area contributed by atoms with Gasteiger partial charge >= 0.3 is 5.97 Å². The first-order valence-corrected chi connectivity index (χ1v) is 9.61. The number of hydrogen-bond donors (Lipinski definition) is 0. The minimum Gasteiger partial charge on any atom is -0.465 e. The highest BCUT2D eigenvalue weighted by atomic mass is 32.2. The van der Waals surface area contributed by atoms with Gasteiger partial charge in [-0.2, -0.15) is 0 Å². The maximum Gasteiger partial charge on any atom is 0.326 e. The largest absolute Gasteiger partial charge is 0.465 e. The number of esters is 1. The number of benzene rings is 2. The van der Waals surface area contributed by atoms with Crippen LogP contribution in [0.4, 0.5) is 11.4 Å². The first-order valence-electron chi connectivity index (χ1n) is 8.17. The van der Waals surface area contributed by atoms with E-state index in [1.54, 1.807) is 39.0 Å². The Bertz CT molecular complexity index is 951. The molecule has 2 rings (SSSR count). The van der Waals surface area contributed by atoms with Gasteiger partial charge in [0.05, 0.1) is 22.1 Å². The summed E-state index contributed by atoms with van der Waals surface area (Å²) in [5.74, 6) is -0.714. The summed E-state index contributed by atoms with van der Waals surface area (Å²) in [4.78, 5) is 22.1. The Morgan fingerprint density at radius 1 is 1.15 bits per heavy atom. The molecule has 0 atom stereocenters. The van der Waals surface area contributed by atoms with E-state index in [1.807, 2.05) is 0 Å². The molecule has 0 aromatic heterocycles. The molecular weight excluding hydrogens is 372 g/mol. The van der Waals surface area contributed by atoms with E-state index in [0.29, 0.717) is 16.8 Å². The van der Waals surface area contributed by atoms with Gasteiger partial charge in [-0.1, -0.05) is 24.3 Å². The number of carbonyl (C=O) groups is 1. The Kier molecular flexibility index (Phi) is 6.17. The minimum absolute atomic E-state index is 0.107.